The van der Waals surface area contributed by atoms with Crippen LogP contribution in [0.25, 0.3) is 0 Å². The van der Waals surface area contributed by atoms with Crippen LogP contribution in [0.5, 0.6) is 0 Å². The molecule has 0 fully saturated rings. The fourth-order valence-corrected chi connectivity index (χ4v) is 6.18. The first kappa shape index (κ1) is 30.6. The topological polar surface area (TPSA) is 119 Å². The molecule has 0 radical (unpaired) electrons. The zero-order valence-corrected chi connectivity index (χ0v) is 25.1. The number of nitro benzene ring substituents is 1. The monoisotopic (exact) mass is 575 g/mol. The molecule has 0 N–H and O–H groups in total. The van der Waals surface area contributed by atoms with Crippen molar-refractivity contribution in [2.45, 2.75) is 56.4 Å². The highest BCUT2D eigenvalue weighted by molar-refractivity contribution is 7.89. The highest BCUT2D eigenvalue weighted by atomic mass is 32.2. The van der Waals surface area contributed by atoms with Crippen molar-refractivity contribution in [3.05, 3.63) is 82.0 Å². The van der Waals surface area contributed by atoms with Crippen LogP contribution >= 0.6 is 0 Å². The van der Waals surface area contributed by atoms with Gasteiger partial charge in [0.05, 0.1) is 29.6 Å². The molecule has 0 bridgehead atoms. The lowest BCUT2D eigenvalue weighted by molar-refractivity contribution is -0.384. The van der Waals surface area contributed by atoms with E-state index in [4.69, 9.17) is 9.16 Å². The van der Waals surface area contributed by atoms with Crippen LogP contribution in [0.4, 0.5) is 5.69 Å². The number of benzene rings is 2. The van der Waals surface area contributed by atoms with Crippen molar-refractivity contribution in [2.24, 2.45) is 0 Å². The zero-order chi connectivity index (χ0) is 29.0. The Hall–Kier alpha value is -2.90. The van der Waals surface area contributed by atoms with Crippen LogP contribution in [-0.2, 0) is 30.6 Å². The number of rotatable bonds is 10. The van der Waals surface area contributed by atoms with E-state index in [1.165, 1.54) is 17.0 Å². The zero-order valence-electron chi connectivity index (χ0n) is 23.3. The summed E-state index contributed by atoms with van der Waals surface area (Å²) in [5.41, 5.74) is 1.23. The minimum atomic E-state index is -4.21. The number of nitro groups is 1. The van der Waals surface area contributed by atoms with Crippen molar-refractivity contribution in [2.75, 3.05) is 26.8 Å². The van der Waals surface area contributed by atoms with E-state index >= 15 is 0 Å². The molecule has 12 heteroatoms. The maximum absolute atomic E-state index is 13.7. The van der Waals surface area contributed by atoms with E-state index < -0.39 is 35.2 Å². The third-order valence-corrected chi connectivity index (χ3v) is 13.7. The molecule has 2 aromatic rings. The Bertz CT molecular complexity index is 1310. The van der Waals surface area contributed by atoms with Crippen LogP contribution < -0.4 is 0 Å². The molecule has 3 rings (SSSR count). The van der Waals surface area contributed by atoms with Crippen molar-refractivity contribution in [1.29, 1.82) is 0 Å². The average Bonchev–Trinajstić information content (AvgIpc) is 2.99. The van der Waals surface area contributed by atoms with Gasteiger partial charge < -0.3 is 14.1 Å². The van der Waals surface area contributed by atoms with Crippen molar-refractivity contribution in [3.8, 4) is 0 Å². The summed E-state index contributed by atoms with van der Waals surface area (Å²) in [5.74, 6) is -0.448. The predicted molar refractivity (Wildman–Crippen MR) is 151 cm³/mol. The summed E-state index contributed by atoms with van der Waals surface area (Å²) in [7, 11) is -4.75. The Morgan fingerprint density at radius 2 is 1.67 bits per heavy atom. The Kier molecular flexibility index (Phi) is 9.50. The van der Waals surface area contributed by atoms with E-state index in [0.29, 0.717) is 5.70 Å². The van der Waals surface area contributed by atoms with Crippen LogP contribution in [0.15, 0.2) is 71.3 Å². The number of sulfonamides is 1. The van der Waals surface area contributed by atoms with Gasteiger partial charge in [-0.2, -0.15) is 4.31 Å². The molecule has 0 spiro atoms. The lowest BCUT2D eigenvalue weighted by atomic mass is 10.2. The third kappa shape index (κ3) is 7.20. The number of ether oxygens (including phenoxy) is 1. The maximum Gasteiger partial charge on any atom is 0.269 e. The van der Waals surface area contributed by atoms with Crippen LogP contribution in [0.3, 0.4) is 0 Å². The molecule has 1 aliphatic heterocycles. The molecule has 39 heavy (non-hydrogen) atoms. The summed E-state index contributed by atoms with van der Waals surface area (Å²) >= 11 is 0. The van der Waals surface area contributed by atoms with Crippen molar-refractivity contribution in [1.82, 2.24) is 9.21 Å². The van der Waals surface area contributed by atoms with E-state index in [0.717, 1.165) is 22.0 Å². The molecule has 1 atom stereocenters. The fourth-order valence-electron chi connectivity index (χ4n) is 3.73. The maximum atomic E-state index is 13.7. The number of hydrogen-bond acceptors (Lipinski definition) is 7. The van der Waals surface area contributed by atoms with Crippen molar-refractivity contribution in [3.63, 3.8) is 0 Å². The van der Waals surface area contributed by atoms with E-state index in [-0.39, 0.29) is 42.0 Å². The number of amides is 1. The van der Waals surface area contributed by atoms with Crippen molar-refractivity contribution < 1.29 is 27.3 Å². The molecule has 0 saturated carbocycles. The molecular weight excluding hydrogens is 538 g/mol. The number of carbonyl (C=O) groups is 1. The third-order valence-electron chi connectivity index (χ3n) is 7.33. The van der Waals surface area contributed by atoms with Gasteiger partial charge in [-0.3, -0.25) is 14.9 Å². The second-order valence-electron chi connectivity index (χ2n) is 11.0. The van der Waals surface area contributed by atoms with Gasteiger partial charge in [0.2, 0.25) is 15.9 Å². The molecule has 0 unspecified atom stereocenters. The number of nitrogens with zero attached hydrogens (tertiary/aromatic N) is 3. The fraction of sp³-hybridized carbons (Fsp3) is 0.444. The molecular formula is C27H37N3O7SSi. The van der Waals surface area contributed by atoms with Crippen molar-refractivity contribution >= 4 is 29.9 Å². The van der Waals surface area contributed by atoms with Gasteiger partial charge >= 0.3 is 0 Å². The van der Waals surface area contributed by atoms with Crippen LogP contribution in [0, 0.1) is 10.1 Å². The van der Waals surface area contributed by atoms with Crippen LogP contribution in [-0.4, -0.2) is 69.6 Å². The van der Waals surface area contributed by atoms with E-state index in [1.54, 1.807) is 13.1 Å². The second-order valence-corrected chi connectivity index (χ2v) is 17.7. The summed E-state index contributed by atoms with van der Waals surface area (Å²) in [4.78, 5) is 25.5. The quantitative estimate of drug-likeness (QED) is 0.232. The summed E-state index contributed by atoms with van der Waals surface area (Å²) in [5, 5.41) is 11.0. The van der Waals surface area contributed by atoms with Gasteiger partial charge in [0.25, 0.3) is 5.69 Å². The van der Waals surface area contributed by atoms with Gasteiger partial charge in [-0.05, 0) is 41.9 Å². The summed E-state index contributed by atoms with van der Waals surface area (Å²) in [6.07, 6.45) is 1.69. The van der Waals surface area contributed by atoms with E-state index in [2.05, 4.69) is 33.9 Å². The number of hydrogen-bond donors (Lipinski definition) is 0. The minimum absolute atomic E-state index is 0.0417. The number of carbonyl (C=O) groups excluding carboxylic acids is 1. The Morgan fingerprint density at radius 3 is 2.23 bits per heavy atom. The Morgan fingerprint density at radius 1 is 1.05 bits per heavy atom. The molecule has 0 aromatic heterocycles. The average molecular weight is 576 g/mol. The van der Waals surface area contributed by atoms with Gasteiger partial charge in [-0.15, -0.1) is 0 Å². The lowest BCUT2D eigenvalue weighted by Gasteiger charge is -2.37. The molecule has 2 aromatic carbocycles. The first-order valence-corrected chi connectivity index (χ1v) is 17.0. The van der Waals surface area contributed by atoms with Gasteiger partial charge in [-0.25, -0.2) is 8.42 Å². The number of non-ortho nitro benzene ring substituents is 1. The molecule has 1 aliphatic rings. The molecule has 212 valence electrons. The summed E-state index contributed by atoms with van der Waals surface area (Å²) < 4.78 is 40.8. The first-order valence-electron chi connectivity index (χ1n) is 12.6. The molecule has 1 heterocycles. The standard InChI is InChI=1S/C27H37N3O7SSi/c1-27(2,3)39(5,6)37-19-23-16-17-29(38(34,35)24-14-12-22(13-15-24)30(32)33)25(26(31)28(23)4)20-36-18-21-10-8-7-9-11-21/h7-16,25H,17-20H2,1-6H3/t25-/m0/s1. The Labute approximate surface area is 231 Å². The highest BCUT2D eigenvalue weighted by Gasteiger charge is 2.41. The summed E-state index contributed by atoms with van der Waals surface area (Å²) in [6, 6.07) is 12.8. The Balaban J connectivity index is 1.92. The van der Waals surface area contributed by atoms with Crippen LogP contribution in [0.2, 0.25) is 18.1 Å². The lowest BCUT2D eigenvalue weighted by Crippen LogP contribution is -2.50. The van der Waals surface area contributed by atoms with Crippen LogP contribution in [0.1, 0.15) is 26.3 Å². The minimum Gasteiger partial charge on any atom is -0.411 e. The van der Waals surface area contributed by atoms with E-state index in [1.807, 2.05) is 30.3 Å². The largest absolute Gasteiger partial charge is 0.411 e. The number of likely N-dealkylation sites (N-methyl/N-ethyl adjacent to an activating group) is 1. The highest BCUT2D eigenvalue weighted by Crippen LogP contribution is 2.37. The van der Waals surface area contributed by atoms with Gasteiger partial charge in [0, 0.05) is 31.4 Å². The summed E-state index contributed by atoms with van der Waals surface area (Å²) in [6.45, 7) is 10.7. The molecule has 10 nitrogen and oxygen atoms in total. The normalized spacial score (nSPS) is 17.6. The van der Waals surface area contributed by atoms with Gasteiger partial charge in [0.1, 0.15) is 6.04 Å². The predicted octanol–water partition coefficient (Wildman–Crippen LogP) is 4.55. The second kappa shape index (κ2) is 12.1. The molecule has 0 saturated heterocycles. The smallest absolute Gasteiger partial charge is 0.269 e. The van der Waals surface area contributed by atoms with Gasteiger partial charge in [-0.1, -0.05) is 51.1 Å². The molecule has 0 aliphatic carbocycles. The first-order chi connectivity index (χ1) is 18.1. The molecule has 1 amide bonds. The van der Waals surface area contributed by atoms with E-state index in [9.17, 15) is 23.3 Å². The van der Waals surface area contributed by atoms with Gasteiger partial charge in [0.15, 0.2) is 8.32 Å². The SMILES string of the molecule is CN1C(=O)[C@H](COCc2ccccc2)N(S(=O)(=O)c2ccc([N+](=O)[O-])cc2)CC=C1CO[Si](C)(C)C(C)(C)C.